The Hall–Kier alpha value is -2.60. The van der Waals surface area contributed by atoms with Crippen LogP contribution in [0.3, 0.4) is 0 Å². The number of carbonyl (C=O) groups excluding carboxylic acids is 1. The van der Waals surface area contributed by atoms with Crippen molar-refractivity contribution in [1.82, 2.24) is 9.47 Å². The number of hydrogen-bond donors (Lipinski definition) is 0. The van der Waals surface area contributed by atoms with Crippen LogP contribution in [0.5, 0.6) is 0 Å². The van der Waals surface area contributed by atoms with Crippen LogP contribution in [-0.4, -0.2) is 41.6 Å². The third kappa shape index (κ3) is 3.69. The van der Waals surface area contributed by atoms with Crippen molar-refractivity contribution >= 4 is 22.9 Å². The standard InChI is InChI=1S/C22H24FN3OS/c1-16-14-21(17(2)26(16)15-20-4-3-13-28-20)22(27)25-11-9-24(10-12-25)19-7-5-18(23)6-8-19/h3-8,13-14H,9-12,15H2,1-2H3. The number of amides is 1. The number of aryl methyl sites for hydroxylation is 1. The van der Waals surface area contributed by atoms with Crippen LogP contribution in [0.1, 0.15) is 26.6 Å². The average molecular weight is 398 g/mol. The minimum absolute atomic E-state index is 0.101. The largest absolute Gasteiger partial charge is 0.368 e. The van der Waals surface area contributed by atoms with Crippen molar-refractivity contribution in [1.29, 1.82) is 0 Å². The Balaban J connectivity index is 1.45. The molecule has 146 valence electrons. The number of aromatic nitrogens is 1. The van der Waals surface area contributed by atoms with Crippen molar-refractivity contribution in [3.05, 3.63) is 75.5 Å². The summed E-state index contributed by atoms with van der Waals surface area (Å²) in [6.07, 6.45) is 0. The monoisotopic (exact) mass is 397 g/mol. The number of piperazine rings is 1. The van der Waals surface area contributed by atoms with Crippen LogP contribution in [0.4, 0.5) is 10.1 Å². The minimum atomic E-state index is -0.226. The Morgan fingerprint density at radius 2 is 1.79 bits per heavy atom. The maximum atomic E-state index is 13.1. The second-order valence-corrected chi connectivity index (χ2v) is 8.24. The molecule has 3 aromatic rings. The number of carbonyl (C=O) groups is 1. The zero-order valence-corrected chi connectivity index (χ0v) is 17.0. The number of benzene rings is 1. The van der Waals surface area contributed by atoms with E-state index in [9.17, 15) is 9.18 Å². The Bertz CT molecular complexity index is 955. The number of hydrogen-bond acceptors (Lipinski definition) is 3. The Labute approximate surface area is 168 Å². The van der Waals surface area contributed by atoms with Gasteiger partial charge in [0, 0.05) is 48.1 Å². The molecular weight excluding hydrogens is 373 g/mol. The van der Waals surface area contributed by atoms with Gasteiger partial charge in [-0.05, 0) is 55.6 Å². The molecule has 6 heteroatoms. The van der Waals surface area contributed by atoms with Gasteiger partial charge in [-0.25, -0.2) is 4.39 Å². The highest BCUT2D eigenvalue weighted by atomic mass is 32.1. The summed E-state index contributed by atoms with van der Waals surface area (Å²) in [5.41, 5.74) is 3.93. The lowest BCUT2D eigenvalue weighted by Crippen LogP contribution is -2.48. The summed E-state index contributed by atoms with van der Waals surface area (Å²) in [5, 5.41) is 2.08. The number of rotatable bonds is 4. The van der Waals surface area contributed by atoms with Crippen molar-refractivity contribution in [3.63, 3.8) is 0 Å². The molecule has 0 N–H and O–H groups in total. The average Bonchev–Trinajstić information content (AvgIpc) is 3.32. The van der Waals surface area contributed by atoms with E-state index in [4.69, 9.17) is 0 Å². The van der Waals surface area contributed by atoms with Gasteiger partial charge < -0.3 is 14.4 Å². The quantitative estimate of drug-likeness (QED) is 0.656. The molecule has 0 unspecified atom stereocenters. The fourth-order valence-corrected chi connectivity index (χ4v) is 4.50. The first-order valence-electron chi connectivity index (χ1n) is 9.52. The predicted molar refractivity (Wildman–Crippen MR) is 112 cm³/mol. The third-order valence-corrected chi connectivity index (χ3v) is 6.32. The van der Waals surface area contributed by atoms with Crippen LogP contribution >= 0.6 is 11.3 Å². The summed E-state index contributed by atoms with van der Waals surface area (Å²) in [5.74, 6) is -0.125. The van der Waals surface area contributed by atoms with E-state index >= 15 is 0 Å². The highest BCUT2D eigenvalue weighted by Crippen LogP contribution is 2.22. The molecule has 4 rings (SSSR count). The lowest BCUT2D eigenvalue weighted by molar-refractivity contribution is 0.0746. The van der Waals surface area contributed by atoms with Gasteiger partial charge in [0.2, 0.25) is 0 Å². The summed E-state index contributed by atoms with van der Waals surface area (Å²) < 4.78 is 15.3. The van der Waals surface area contributed by atoms with Crippen molar-refractivity contribution < 1.29 is 9.18 Å². The molecule has 0 bridgehead atoms. The normalized spacial score (nSPS) is 14.5. The number of nitrogens with zero attached hydrogens (tertiary/aromatic N) is 3. The molecule has 1 fully saturated rings. The molecule has 3 heterocycles. The topological polar surface area (TPSA) is 28.5 Å². The van der Waals surface area contributed by atoms with Gasteiger partial charge in [-0.1, -0.05) is 6.07 Å². The minimum Gasteiger partial charge on any atom is -0.368 e. The van der Waals surface area contributed by atoms with Crippen LogP contribution in [0.2, 0.25) is 0 Å². The molecular formula is C22H24FN3OS. The molecule has 28 heavy (non-hydrogen) atoms. The Kier molecular flexibility index (Phi) is 5.22. The molecule has 4 nitrogen and oxygen atoms in total. The van der Waals surface area contributed by atoms with Gasteiger partial charge in [0.1, 0.15) is 5.82 Å². The van der Waals surface area contributed by atoms with Gasteiger partial charge in [0.15, 0.2) is 0 Å². The fourth-order valence-electron chi connectivity index (χ4n) is 3.81. The van der Waals surface area contributed by atoms with Gasteiger partial charge in [0.05, 0.1) is 12.1 Å². The summed E-state index contributed by atoms with van der Waals surface area (Å²) in [4.78, 5) is 18.5. The number of halogens is 1. The van der Waals surface area contributed by atoms with E-state index in [1.54, 1.807) is 23.5 Å². The van der Waals surface area contributed by atoms with Crippen molar-refractivity contribution in [2.45, 2.75) is 20.4 Å². The molecule has 0 atom stereocenters. The first-order chi connectivity index (χ1) is 13.5. The summed E-state index contributed by atoms with van der Waals surface area (Å²) in [6.45, 7) is 7.75. The first-order valence-corrected chi connectivity index (χ1v) is 10.4. The molecule has 1 aliphatic heterocycles. The van der Waals surface area contributed by atoms with E-state index in [0.29, 0.717) is 13.1 Å². The van der Waals surface area contributed by atoms with E-state index < -0.39 is 0 Å². The Morgan fingerprint density at radius 1 is 1.07 bits per heavy atom. The summed E-state index contributed by atoms with van der Waals surface area (Å²) in [6, 6.07) is 12.7. The molecule has 1 aromatic carbocycles. The van der Waals surface area contributed by atoms with E-state index in [0.717, 1.165) is 42.3 Å². The highest BCUT2D eigenvalue weighted by molar-refractivity contribution is 7.09. The lowest BCUT2D eigenvalue weighted by atomic mass is 10.2. The van der Waals surface area contributed by atoms with Gasteiger partial charge >= 0.3 is 0 Å². The second-order valence-electron chi connectivity index (χ2n) is 7.21. The van der Waals surface area contributed by atoms with Crippen molar-refractivity contribution in [2.75, 3.05) is 31.1 Å². The van der Waals surface area contributed by atoms with E-state index in [1.165, 1.54) is 17.0 Å². The molecule has 1 amide bonds. The van der Waals surface area contributed by atoms with Gasteiger partial charge in [0.25, 0.3) is 5.91 Å². The molecule has 2 aromatic heterocycles. The van der Waals surface area contributed by atoms with Crippen LogP contribution in [-0.2, 0) is 6.54 Å². The van der Waals surface area contributed by atoms with Crippen molar-refractivity contribution in [3.8, 4) is 0 Å². The molecule has 1 aliphatic rings. The molecule has 0 aliphatic carbocycles. The number of thiophene rings is 1. The molecule has 0 spiro atoms. The second kappa shape index (κ2) is 7.80. The van der Waals surface area contributed by atoms with Crippen LogP contribution in [0.15, 0.2) is 47.8 Å². The Morgan fingerprint density at radius 3 is 2.43 bits per heavy atom. The van der Waals surface area contributed by atoms with Crippen LogP contribution in [0, 0.1) is 19.7 Å². The van der Waals surface area contributed by atoms with Crippen LogP contribution in [0.25, 0.3) is 0 Å². The van der Waals surface area contributed by atoms with Gasteiger partial charge in [-0.15, -0.1) is 11.3 Å². The first kappa shape index (κ1) is 18.7. The fraction of sp³-hybridized carbons (Fsp3) is 0.318. The molecule has 0 saturated carbocycles. The zero-order valence-electron chi connectivity index (χ0n) is 16.2. The SMILES string of the molecule is Cc1cc(C(=O)N2CCN(c3ccc(F)cc3)CC2)c(C)n1Cc1cccs1. The van der Waals surface area contributed by atoms with E-state index in [1.807, 2.05) is 17.9 Å². The van der Waals surface area contributed by atoms with Gasteiger partial charge in [-0.2, -0.15) is 0 Å². The third-order valence-electron chi connectivity index (χ3n) is 5.46. The van der Waals surface area contributed by atoms with E-state index in [2.05, 4.69) is 33.9 Å². The smallest absolute Gasteiger partial charge is 0.255 e. The summed E-state index contributed by atoms with van der Waals surface area (Å²) >= 11 is 1.73. The van der Waals surface area contributed by atoms with E-state index in [-0.39, 0.29) is 11.7 Å². The van der Waals surface area contributed by atoms with Crippen LogP contribution < -0.4 is 4.90 Å². The lowest BCUT2D eigenvalue weighted by Gasteiger charge is -2.36. The zero-order chi connectivity index (χ0) is 19.7. The highest BCUT2D eigenvalue weighted by Gasteiger charge is 2.25. The van der Waals surface area contributed by atoms with Gasteiger partial charge in [-0.3, -0.25) is 4.79 Å². The maximum Gasteiger partial charge on any atom is 0.255 e. The number of anilines is 1. The van der Waals surface area contributed by atoms with Crippen molar-refractivity contribution in [2.24, 2.45) is 0 Å². The molecule has 0 radical (unpaired) electrons. The summed E-state index contributed by atoms with van der Waals surface area (Å²) in [7, 11) is 0. The predicted octanol–water partition coefficient (Wildman–Crippen LogP) is 4.32. The molecule has 1 saturated heterocycles. The maximum absolute atomic E-state index is 13.1.